The average Bonchev–Trinajstić information content (AvgIpc) is 3.35. The molecule has 1 aromatic heterocycles. The first kappa shape index (κ1) is 21.0. The minimum absolute atomic E-state index is 0. The third kappa shape index (κ3) is 8.70. The van der Waals surface area contributed by atoms with Gasteiger partial charge in [0, 0.05) is 25.4 Å². The van der Waals surface area contributed by atoms with Crippen LogP contribution in [0.5, 0.6) is 5.88 Å². The van der Waals surface area contributed by atoms with Crippen LogP contribution in [0.3, 0.4) is 0 Å². The van der Waals surface area contributed by atoms with Crippen molar-refractivity contribution in [3.05, 3.63) is 23.9 Å². The Balaban J connectivity index is 0.00000288. The second-order valence-electron chi connectivity index (χ2n) is 6.56. The van der Waals surface area contributed by atoms with Gasteiger partial charge in [-0.3, -0.25) is 0 Å². The Kier molecular flexibility index (Phi) is 10.1. The lowest BCUT2D eigenvalue weighted by Gasteiger charge is -2.12. The number of guanidine groups is 1. The van der Waals surface area contributed by atoms with Crippen LogP contribution >= 0.6 is 24.0 Å². The maximum atomic E-state index is 5.65. The van der Waals surface area contributed by atoms with Crippen LogP contribution in [0.25, 0.3) is 0 Å². The number of nitrogens with zero attached hydrogens (tertiary/aromatic N) is 2. The summed E-state index contributed by atoms with van der Waals surface area (Å²) in [6.45, 7) is 9.75. The van der Waals surface area contributed by atoms with Crippen LogP contribution in [-0.2, 0) is 6.54 Å². The molecule has 5 nitrogen and oxygen atoms in total. The van der Waals surface area contributed by atoms with Gasteiger partial charge in [0.2, 0.25) is 5.88 Å². The summed E-state index contributed by atoms with van der Waals surface area (Å²) in [7, 11) is 0. The number of ether oxygens (including phenoxy) is 1. The fourth-order valence-corrected chi connectivity index (χ4v) is 2.07. The number of hydrogen-bond donors (Lipinski definition) is 2. The third-order valence-corrected chi connectivity index (χ3v) is 3.74. The maximum Gasteiger partial charge on any atom is 0.213 e. The van der Waals surface area contributed by atoms with Gasteiger partial charge < -0.3 is 15.4 Å². The van der Waals surface area contributed by atoms with Crippen molar-refractivity contribution < 1.29 is 4.74 Å². The first-order valence-electron chi connectivity index (χ1n) is 8.77. The number of aliphatic imine (C=N–C) groups is 1. The lowest BCUT2D eigenvalue weighted by Crippen LogP contribution is -2.38. The van der Waals surface area contributed by atoms with Crippen LogP contribution in [0, 0.1) is 11.8 Å². The summed E-state index contributed by atoms with van der Waals surface area (Å²) in [5, 5.41) is 6.64. The molecule has 1 aliphatic carbocycles. The average molecular weight is 446 g/mol. The summed E-state index contributed by atoms with van der Waals surface area (Å²) in [5.41, 5.74) is 1.09. The molecule has 0 amide bonds. The summed E-state index contributed by atoms with van der Waals surface area (Å²) in [5.74, 6) is 3.02. The normalized spacial score (nSPS) is 14.2. The van der Waals surface area contributed by atoms with Gasteiger partial charge in [0.1, 0.15) is 0 Å². The van der Waals surface area contributed by atoms with E-state index in [0.717, 1.165) is 43.6 Å². The summed E-state index contributed by atoms with van der Waals surface area (Å²) < 4.78 is 5.65. The Labute approximate surface area is 163 Å². The molecule has 0 spiro atoms. The van der Waals surface area contributed by atoms with Crippen LogP contribution in [0.4, 0.5) is 0 Å². The van der Waals surface area contributed by atoms with Gasteiger partial charge in [-0.05, 0) is 43.6 Å². The zero-order valence-corrected chi connectivity index (χ0v) is 17.4. The van der Waals surface area contributed by atoms with E-state index in [1.807, 2.05) is 18.3 Å². The number of nitrogens with one attached hydrogen (secondary N) is 2. The lowest BCUT2D eigenvalue weighted by atomic mass is 10.1. The molecule has 0 radical (unpaired) electrons. The molecule has 2 N–H and O–H groups in total. The zero-order chi connectivity index (χ0) is 16.5. The lowest BCUT2D eigenvalue weighted by molar-refractivity contribution is 0.288. The second-order valence-corrected chi connectivity index (χ2v) is 6.56. The second kappa shape index (κ2) is 11.5. The van der Waals surface area contributed by atoms with E-state index in [1.165, 1.54) is 12.8 Å². The van der Waals surface area contributed by atoms with Crippen molar-refractivity contribution in [1.82, 2.24) is 15.6 Å². The third-order valence-electron chi connectivity index (χ3n) is 3.74. The first-order valence-corrected chi connectivity index (χ1v) is 8.77. The van der Waals surface area contributed by atoms with E-state index in [0.29, 0.717) is 18.3 Å². The smallest absolute Gasteiger partial charge is 0.213 e. The number of rotatable bonds is 9. The quantitative estimate of drug-likeness (QED) is 0.346. The van der Waals surface area contributed by atoms with Crippen molar-refractivity contribution in [3.8, 4) is 5.88 Å². The molecule has 6 heteroatoms. The van der Waals surface area contributed by atoms with E-state index in [1.54, 1.807) is 0 Å². The monoisotopic (exact) mass is 446 g/mol. The molecule has 1 heterocycles. The number of pyridine rings is 1. The molecule has 136 valence electrons. The molecule has 0 aliphatic heterocycles. The molecule has 1 aliphatic rings. The predicted octanol–water partition coefficient (Wildman–Crippen LogP) is 3.59. The maximum absolute atomic E-state index is 5.65. The van der Waals surface area contributed by atoms with Crippen molar-refractivity contribution in [1.29, 1.82) is 0 Å². The summed E-state index contributed by atoms with van der Waals surface area (Å²) >= 11 is 0. The van der Waals surface area contributed by atoms with Gasteiger partial charge in [-0.2, -0.15) is 0 Å². The molecule has 2 rings (SSSR count). The van der Waals surface area contributed by atoms with Crippen LogP contribution in [0.15, 0.2) is 23.3 Å². The summed E-state index contributed by atoms with van der Waals surface area (Å²) in [6.07, 6.45) is 5.58. The molecular formula is C18H31IN4O. The molecule has 0 bridgehead atoms. The van der Waals surface area contributed by atoms with Crippen molar-refractivity contribution in [2.75, 3.05) is 19.7 Å². The van der Waals surface area contributed by atoms with Crippen LogP contribution < -0.4 is 15.4 Å². The van der Waals surface area contributed by atoms with Gasteiger partial charge in [-0.1, -0.05) is 19.9 Å². The van der Waals surface area contributed by atoms with Gasteiger partial charge in [-0.15, -0.1) is 24.0 Å². The van der Waals surface area contributed by atoms with Gasteiger partial charge >= 0.3 is 0 Å². The Bertz CT molecular complexity index is 486. The van der Waals surface area contributed by atoms with E-state index in [-0.39, 0.29) is 24.0 Å². The Morgan fingerprint density at radius 2 is 2.12 bits per heavy atom. The number of hydrogen-bond acceptors (Lipinski definition) is 3. The van der Waals surface area contributed by atoms with E-state index < -0.39 is 0 Å². The highest BCUT2D eigenvalue weighted by atomic mass is 127. The van der Waals surface area contributed by atoms with E-state index in [4.69, 9.17) is 4.74 Å². The topological polar surface area (TPSA) is 58.5 Å². The van der Waals surface area contributed by atoms with Crippen molar-refractivity contribution in [2.24, 2.45) is 16.8 Å². The Hall–Kier alpha value is -1.05. The number of aromatic nitrogens is 1. The molecule has 1 aromatic rings. The molecule has 0 aromatic carbocycles. The van der Waals surface area contributed by atoms with E-state index in [9.17, 15) is 0 Å². The minimum Gasteiger partial charge on any atom is -0.477 e. The molecular weight excluding hydrogens is 415 g/mol. The highest BCUT2D eigenvalue weighted by molar-refractivity contribution is 14.0. The molecule has 24 heavy (non-hydrogen) atoms. The van der Waals surface area contributed by atoms with Crippen LogP contribution in [-0.4, -0.2) is 30.6 Å². The molecule has 1 saturated carbocycles. The molecule has 0 saturated heterocycles. The SMILES string of the molecule is CCNC(=NCc1ccc(OCC2CC2)nc1)NCCC(C)C.I. The highest BCUT2D eigenvalue weighted by Gasteiger charge is 2.21. The zero-order valence-electron chi connectivity index (χ0n) is 15.0. The van der Waals surface area contributed by atoms with E-state index in [2.05, 4.69) is 41.4 Å². The predicted molar refractivity (Wildman–Crippen MR) is 110 cm³/mol. The molecule has 0 unspecified atom stereocenters. The van der Waals surface area contributed by atoms with Crippen molar-refractivity contribution in [3.63, 3.8) is 0 Å². The van der Waals surface area contributed by atoms with Gasteiger partial charge in [0.25, 0.3) is 0 Å². The van der Waals surface area contributed by atoms with Gasteiger partial charge in [0.05, 0.1) is 13.2 Å². The fourth-order valence-electron chi connectivity index (χ4n) is 2.07. The Morgan fingerprint density at radius 3 is 2.71 bits per heavy atom. The standard InChI is InChI=1S/C18H30N4O.HI/c1-4-19-18(20-10-9-14(2)3)22-12-16-7-8-17(21-11-16)23-13-15-5-6-15;/h7-8,11,14-15H,4-6,9-10,12-13H2,1-3H3,(H2,19,20,22);1H. The summed E-state index contributed by atoms with van der Waals surface area (Å²) in [6, 6.07) is 3.97. The largest absolute Gasteiger partial charge is 0.477 e. The minimum atomic E-state index is 0. The van der Waals surface area contributed by atoms with E-state index >= 15 is 0 Å². The van der Waals surface area contributed by atoms with Crippen LogP contribution in [0.1, 0.15) is 45.6 Å². The molecule has 0 atom stereocenters. The number of halogens is 1. The summed E-state index contributed by atoms with van der Waals surface area (Å²) in [4.78, 5) is 8.96. The fraction of sp³-hybridized carbons (Fsp3) is 0.667. The van der Waals surface area contributed by atoms with Crippen molar-refractivity contribution >= 4 is 29.9 Å². The highest BCUT2D eigenvalue weighted by Crippen LogP contribution is 2.29. The molecule has 1 fully saturated rings. The Morgan fingerprint density at radius 1 is 1.33 bits per heavy atom. The van der Waals surface area contributed by atoms with Gasteiger partial charge in [-0.25, -0.2) is 9.98 Å². The van der Waals surface area contributed by atoms with Gasteiger partial charge in [0.15, 0.2) is 5.96 Å². The van der Waals surface area contributed by atoms with Crippen molar-refractivity contribution in [2.45, 2.75) is 46.6 Å². The first-order chi connectivity index (χ1) is 11.2. The van der Waals surface area contributed by atoms with Crippen LogP contribution in [0.2, 0.25) is 0 Å².